The van der Waals surface area contributed by atoms with E-state index in [-0.39, 0.29) is 12.3 Å². The van der Waals surface area contributed by atoms with E-state index < -0.39 is 16.1 Å². The fourth-order valence-electron chi connectivity index (χ4n) is 3.15. The molecule has 0 spiro atoms. The number of hydrogen-bond donors (Lipinski definition) is 2. The van der Waals surface area contributed by atoms with E-state index in [9.17, 15) is 13.2 Å². The van der Waals surface area contributed by atoms with Crippen LogP contribution in [0.25, 0.3) is 0 Å². The maximum Gasteiger partial charge on any atom is 0.319 e. The molecule has 0 radical (unpaired) electrons. The highest BCUT2D eigenvalue weighted by Crippen LogP contribution is 2.29. The average molecular weight is 388 g/mol. The molecule has 2 N–H and O–H groups in total. The lowest BCUT2D eigenvalue weighted by Gasteiger charge is -2.19. The molecule has 0 atom stereocenters. The molecular formula is C20H25N3O3S. The molecule has 0 saturated heterocycles. The summed E-state index contributed by atoms with van der Waals surface area (Å²) in [6.45, 7) is 4.67. The highest BCUT2D eigenvalue weighted by Gasteiger charge is 2.28. The van der Waals surface area contributed by atoms with E-state index in [1.807, 2.05) is 48.5 Å². The summed E-state index contributed by atoms with van der Waals surface area (Å²) in [7, 11) is -3.47. The van der Waals surface area contributed by atoms with Gasteiger partial charge in [-0.05, 0) is 41.7 Å². The third-order valence-corrected chi connectivity index (χ3v) is 6.41. The zero-order valence-corrected chi connectivity index (χ0v) is 16.4. The molecule has 0 fully saturated rings. The predicted octanol–water partition coefficient (Wildman–Crippen LogP) is 3.32. The van der Waals surface area contributed by atoms with Gasteiger partial charge in [-0.3, -0.25) is 4.31 Å². The van der Waals surface area contributed by atoms with Crippen LogP contribution in [-0.4, -0.2) is 33.3 Å². The first-order valence-electron chi connectivity index (χ1n) is 9.10. The molecule has 7 heteroatoms. The molecule has 0 aliphatic carbocycles. The van der Waals surface area contributed by atoms with Gasteiger partial charge in [-0.2, -0.15) is 0 Å². The smallest absolute Gasteiger partial charge is 0.319 e. The van der Waals surface area contributed by atoms with Crippen molar-refractivity contribution in [2.45, 2.75) is 26.2 Å². The molecule has 0 aromatic heterocycles. The van der Waals surface area contributed by atoms with Gasteiger partial charge in [0.1, 0.15) is 0 Å². The van der Waals surface area contributed by atoms with Crippen LogP contribution in [0.5, 0.6) is 0 Å². The summed E-state index contributed by atoms with van der Waals surface area (Å²) >= 11 is 0. The fraction of sp³-hybridized carbons (Fsp3) is 0.350. The Kier molecular flexibility index (Phi) is 5.70. The molecule has 1 aliphatic heterocycles. The van der Waals surface area contributed by atoms with E-state index in [0.29, 0.717) is 18.2 Å². The normalized spacial score (nSPS) is 13.5. The second-order valence-electron chi connectivity index (χ2n) is 6.93. The van der Waals surface area contributed by atoms with Crippen molar-refractivity contribution in [3.63, 3.8) is 0 Å². The molecule has 27 heavy (non-hydrogen) atoms. The maximum atomic E-state index is 12.6. The van der Waals surface area contributed by atoms with Gasteiger partial charge >= 0.3 is 6.03 Å². The van der Waals surface area contributed by atoms with Crippen molar-refractivity contribution in [1.82, 2.24) is 5.32 Å². The van der Waals surface area contributed by atoms with E-state index in [0.717, 1.165) is 23.2 Å². The molecule has 3 rings (SSSR count). The molecule has 0 saturated carbocycles. The maximum absolute atomic E-state index is 12.6. The third-order valence-electron chi connectivity index (χ3n) is 4.64. The summed E-state index contributed by atoms with van der Waals surface area (Å²) in [5, 5.41) is 5.38. The number of nitrogens with zero attached hydrogens (tertiary/aromatic N) is 1. The van der Waals surface area contributed by atoms with Crippen LogP contribution >= 0.6 is 0 Å². The van der Waals surface area contributed by atoms with Gasteiger partial charge in [0.25, 0.3) is 0 Å². The molecule has 2 aromatic rings. The summed E-state index contributed by atoms with van der Waals surface area (Å²) in [4.78, 5) is 12.1. The lowest BCUT2D eigenvalue weighted by molar-refractivity contribution is 0.252. The van der Waals surface area contributed by atoms with Crippen LogP contribution in [-0.2, 0) is 16.4 Å². The molecular weight excluding hydrogens is 362 g/mol. The quantitative estimate of drug-likeness (QED) is 0.798. The van der Waals surface area contributed by atoms with Crippen LogP contribution in [0.2, 0.25) is 0 Å². The Morgan fingerprint density at radius 2 is 1.93 bits per heavy atom. The third kappa shape index (κ3) is 4.60. The van der Waals surface area contributed by atoms with Crippen LogP contribution in [0.4, 0.5) is 16.2 Å². The van der Waals surface area contributed by atoms with Gasteiger partial charge in [0.2, 0.25) is 10.0 Å². The molecule has 1 heterocycles. The first-order valence-corrected chi connectivity index (χ1v) is 10.7. The van der Waals surface area contributed by atoms with E-state index in [2.05, 4.69) is 24.5 Å². The van der Waals surface area contributed by atoms with Gasteiger partial charge in [-0.25, -0.2) is 13.2 Å². The Morgan fingerprint density at radius 3 is 2.70 bits per heavy atom. The molecule has 2 amide bonds. The highest BCUT2D eigenvalue weighted by molar-refractivity contribution is 7.92. The number of rotatable bonds is 6. The SMILES string of the molecule is CC(C)c1cccc(NC(=O)NCCS(=O)(=O)N2CCc3ccccc32)c1. The number of hydrogen-bond acceptors (Lipinski definition) is 3. The second kappa shape index (κ2) is 8.00. The van der Waals surface area contributed by atoms with Crippen LogP contribution in [0.3, 0.4) is 0 Å². The molecule has 6 nitrogen and oxygen atoms in total. The number of anilines is 2. The number of nitrogens with one attached hydrogen (secondary N) is 2. The van der Waals surface area contributed by atoms with E-state index >= 15 is 0 Å². The summed E-state index contributed by atoms with van der Waals surface area (Å²) in [6, 6.07) is 14.7. The van der Waals surface area contributed by atoms with E-state index in [1.54, 1.807) is 0 Å². The number of sulfonamides is 1. The molecule has 0 unspecified atom stereocenters. The summed E-state index contributed by atoms with van der Waals surface area (Å²) in [5.41, 5.74) is 3.60. The van der Waals surface area contributed by atoms with Crippen LogP contribution in [0.15, 0.2) is 48.5 Å². The molecule has 0 bridgehead atoms. The first-order chi connectivity index (χ1) is 12.9. The Labute approximate surface area is 160 Å². The Hall–Kier alpha value is -2.54. The Bertz CT molecular complexity index is 926. The molecule has 1 aliphatic rings. The van der Waals surface area contributed by atoms with Crippen molar-refractivity contribution in [2.75, 3.05) is 28.5 Å². The van der Waals surface area contributed by atoms with Crippen LogP contribution < -0.4 is 14.9 Å². The Morgan fingerprint density at radius 1 is 1.15 bits per heavy atom. The molecule has 2 aromatic carbocycles. The fourth-order valence-corrected chi connectivity index (χ4v) is 4.58. The second-order valence-corrected chi connectivity index (χ2v) is 8.94. The zero-order valence-electron chi connectivity index (χ0n) is 15.6. The number of benzene rings is 2. The lowest BCUT2D eigenvalue weighted by Crippen LogP contribution is -2.38. The lowest BCUT2D eigenvalue weighted by atomic mass is 10.0. The average Bonchev–Trinajstić information content (AvgIpc) is 3.06. The number of fused-ring (bicyclic) bond motifs is 1. The number of urea groups is 1. The first kappa shape index (κ1) is 19.2. The molecule has 144 valence electrons. The summed E-state index contributed by atoms with van der Waals surface area (Å²) in [6.07, 6.45) is 0.718. The standard InChI is InChI=1S/C20H25N3O3S/c1-15(2)17-7-5-8-18(14-17)22-20(24)21-11-13-27(25,26)23-12-10-16-6-3-4-9-19(16)23/h3-9,14-15H,10-13H2,1-2H3,(H2,21,22,24). The minimum absolute atomic E-state index is 0.0523. The monoisotopic (exact) mass is 387 g/mol. The summed E-state index contributed by atoms with van der Waals surface area (Å²) < 4.78 is 26.7. The van der Waals surface area contributed by atoms with Crippen LogP contribution in [0.1, 0.15) is 30.9 Å². The van der Waals surface area contributed by atoms with Crippen molar-refractivity contribution in [1.29, 1.82) is 0 Å². The zero-order chi connectivity index (χ0) is 19.4. The van der Waals surface area contributed by atoms with Gasteiger partial charge in [0.05, 0.1) is 11.4 Å². The minimum Gasteiger partial charge on any atom is -0.337 e. The summed E-state index contributed by atoms with van der Waals surface area (Å²) in [5.74, 6) is 0.226. The minimum atomic E-state index is -3.47. The predicted molar refractivity (Wildman–Crippen MR) is 109 cm³/mol. The van der Waals surface area contributed by atoms with Crippen molar-refractivity contribution >= 4 is 27.4 Å². The largest absolute Gasteiger partial charge is 0.337 e. The van der Waals surface area contributed by atoms with Crippen molar-refractivity contribution in [2.24, 2.45) is 0 Å². The topological polar surface area (TPSA) is 78.5 Å². The van der Waals surface area contributed by atoms with Gasteiger partial charge in [-0.1, -0.05) is 44.2 Å². The van der Waals surface area contributed by atoms with Crippen molar-refractivity contribution in [3.8, 4) is 0 Å². The van der Waals surface area contributed by atoms with Gasteiger partial charge in [-0.15, -0.1) is 0 Å². The number of carbonyl (C=O) groups is 1. The van der Waals surface area contributed by atoms with Gasteiger partial charge < -0.3 is 10.6 Å². The van der Waals surface area contributed by atoms with E-state index in [1.165, 1.54) is 4.31 Å². The van der Waals surface area contributed by atoms with Gasteiger partial charge in [0, 0.05) is 18.8 Å². The highest BCUT2D eigenvalue weighted by atomic mass is 32.2. The van der Waals surface area contributed by atoms with Gasteiger partial charge in [0.15, 0.2) is 0 Å². The van der Waals surface area contributed by atoms with Crippen molar-refractivity contribution in [3.05, 3.63) is 59.7 Å². The number of carbonyl (C=O) groups excluding carboxylic acids is 1. The number of para-hydroxylation sites is 1. The Balaban J connectivity index is 1.53. The van der Waals surface area contributed by atoms with Crippen molar-refractivity contribution < 1.29 is 13.2 Å². The van der Waals surface area contributed by atoms with Crippen LogP contribution in [0, 0.1) is 0 Å². The number of amides is 2. The van der Waals surface area contributed by atoms with E-state index in [4.69, 9.17) is 0 Å².